The van der Waals surface area contributed by atoms with Gasteiger partial charge in [0, 0.05) is 0 Å². The van der Waals surface area contributed by atoms with Crippen molar-refractivity contribution < 1.29 is 0 Å². The molecular formula is C28H48. The molecule has 0 bridgehead atoms. The highest BCUT2D eigenvalue weighted by Gasteiger charge is 2.17. The van der Waals surface area contributed by atoms with Crippen LogP contribution in [0.25, 0.3) is 11.1 Å². The molecule has 0 saturated heterocycles. The third-order valence-corrected chi connectivity index (χ3v) is 4.48. The minimum atomic E-state index is 0.203. The second-order valence-corrected chi connectivity index (χ2v) is 8.56. The van der Waals surface area contributed by atoms with Gasteiger partial charge in [0.25, 0.3) is 0 Å². The monoisotopic (exact) mass is 384 g/mol. The van der Waals surface area contributed by atoms with Crippen LogP contribution in [-0.4, -0.2) is 0 Å². The first-order chi connectivity index (χ1) is 13.0. The van der Waals surface area contributed by atoms with Gasteiger partial charge in [-0.2, -0.15) is 0 Å². The predicted octanol–water partition coefficient (Wildman–Crippen LogP) is 9.64. The second kappa shape index (κ2) is 12.8. The van der Waals surface area contributed by atoms with E-state index in [9.17, 15) is 0 Å². The van der Waals surface area contributed by atoms with Gasteiger partial charge in [0.15, 0.2) is 0 Å². The lowest BCUT2D eigenvalue weighted by Gasteiger charge is -2.23. The first kappa shape index (κ1) is 28.6. The van der Waals surface area contributed by atoms with Crippen molar-refractivity contribution in [3.05, 3.63) is 58.7 Å². The van der Waals surface area contributed by atoms with Gasteiger partial charge < -0.3 is 0 Å². The molecule has 160 valence electrons. The van der Waals surface area contributed by atoms with E-state index in [0.717, 1.165) is 0 Å². The Balaban J connectivity index is 0. The Morgan fingerprint density at radius 3 is 0.893 bits per heavy atom. The van der Waals surface area contributed by atoms with Gasteiger partial charge in [0.2, 0.25) is 0 Å². The van der Waals surface area contributed by atoms with Crippen molar-refractivity contribution in [3.8, 4) is 11.1 Å². The largest absolute Gasteiger partial charge is 0.0683 e. The molecule has 0 aliphatic carbocycles. The lowest BCUT2D eigenvalue weighted by molar-refractivity contribution is 0.589. The summed E-state index contributed by atoms with van der Waals surface area (Å²) in [5.41, 5.74) is 8.63. The van der Waals surface area contributed by atoms with E-state index in [4.69, 9.17) is 0 Å². The first-order valence-corrected chi connectivity index (χ1v) is 11.2. The van der Waals surface area contributed by atoms with Crippen molar-refractivity contribution in [1.29, 1.82) is 0 Å². The standard InChI is InChI=1S/C22H30.3C2H6/c1-15-13-17(21(3,4)5)9-11-19(15)20-12-10-18(14-16(20)2)22(6,7)8;3*1-2/h9-14H,1-8H3;3*1-2H3. The second-order valence-electron chi connectivity index (χ2n) is 8.56. The van der Waals surface area contributed by atoms with Crippen molar-refractivity contribution in [2.24, 2.45) is 0 Å². The maximum atomic E-state index is 2.34. The zero-order valence-corrected chi connectivity index (χ0v) is 21.5. The van der Waals surface area contributed by atoms with Crippen LogP contribution >= 0.6 is 0 Å². The molecule has 2 aromatic rings. The van der Waals surface area contributed by atoms with Gasteiger partial charge >= 0.3 is 0 Å². The molecule has 0 spiro atoms. The fourth-order valence-corrected chi connectivity index (χ4v) is 2.86. The quantitative estimate of drug-likeness (QED) is 0.459. The topological polar surface area (TPSA) is 0 Å². The van der Waals surface area contributed by atoms with Crippen LogP contribution in [0.2, 0.25) is 0 Å². The van der Waals surface area contributed by atoms with E-state index >= 15 is 0 Å². The average molecular weight is 385 g/mol. The van der Waals surface area contributed by atoms with Crippen LogP contribution in [0.3, 0.4) is 0 Å². The maximum absolute atomic E-state index is 2.34. The zero-order valence-electron chi connectivity index (χ0n) is 21.5. The van der Waals surface area contributed by atoms with Crippen LogP contribution in [0, 0.1) is 13.8 Å². The van der Waals surface area contributed by atoms with Crippen LogP contribution in [0.5, 0.6) is 0 Å². The van der Waals surface area contributed by atoms with Crippen molar-refractivity contribution in [2.75, 3.05) is 0 Å². The van der Waals surface area contributed by atoms with Gasteiger partial charge in [-0.1, -0.05) is 119 Å². The summed E-state index contributed by atoms with van der Waals surface area (Å²) >= 11 is 0. The summed E-state index contributed by atoms with van der Waals surface area (Å²) < 4.78 is 0. The van der Waals surface area contributed by atoms with Crippen molar-refractivity contribution in [3.63, 3.8) is 0 Å². The lowest BCUT2D eigenvalue weighted by Crippen LogP contribution is -2.12. The predicted molar refractivity (Wildman–Crippen MR) is 133 cm³/mol. The Bertz CT molecular complexity index is 615. The molecule has 0 nitrogen and oxygen atoms in total. The van der Waals surface area contributed by atoms with Crippen molar-refractivity contribution in [1.82, 2.24) is 0 Å². The Hall–Kier alpha value is -1.56. The van der Waals surface area contributed by atoms with Gasteiger partial charge in [-0.05, 0) is 58.1 Å². The van der Waals surface area contributed by atoms with Gasteiger partial charge in [-0.3, -0.25) is 0 Å². The molecule has 0 aromatic heterocycles. The smallest absolute Gasteiger partial charge is 0.0132 e. The van der Waals surface area contributed by atoms with Gasteiger partial charge in [0.05, 0.1) is 0 Å². The third kappa shape index (κ3) is 8.21. The summed E-state index contributed by atoms with van der Waals surface area (Å²) in [7, 11) is 0. The minimum absolute atomic E-state index is 0.203. The van der Waals surface area contributed by atoms with Gasteiger partial charge in [-0.25, -0.2) is 0 Å². The molecule has 0 unspecified atom stereocenters. The van der Waals surface area contributed by atoms with Crippen LogP contribution < -0.4 is 0 Å². The first-order valence-electron chi connectivity index (χ1n) is 11.2. The summed E-state index contributed by atoms with van der Waals surface area (Å²) in [6, 6.07) is 13.8. The number of hydrogen-bond donors (Lipinski definition) is 0. The highest BCUT2D eigenvalue weighted by Crippen LogP contribution is 2.33. The maximum Gasteiger partial charge on any atom is -0.0132 e. The summed E-state index contributed by atoms with van der Waals surface area (Å²) in [5, 5.41) is 0. The minimum Gasteiger partial charge on any atom is -0.0683 e. The molecular weight excluding hydrogens is 336 g/mol. The number of benzene rings is 2. The number of rotatable bonds is 1. The summed E-state index contributed by atoms with van der Waals surface area (Å²) in [6.07, 6.45) is 0. The molecule has 0 heterocycles. The molecule has 0 aliphatic rings. The lowest BCUT2D eigenvalue weighted by atomic mass is 9.82. The molecule has 0 fully saturated rings. The summed E-state index contributed by atoms with van der Waals surface area (Å²) in [6.45, 7) is 30.1. The molecule has 0 atom stereocenters. The normalized spacial score (nSPS) is 10.5. The van der Waals surface area contributed by atoms with E-state index in [1.54, 1.807) is 0 Å². The Kier molecular flexibility index (Phi) is 13.1. The third-order valence-electron chi connectivity index (χ3n) is 4.48. The molecule has 0 N–H and O–H groups in total. The van der Waals surface area contributed by atoms with Gasteiger partial charge in [0.1, 0.15) is 0 Å². The molecule has 2 aromatic carbocycles. The fourth-order valence-electron chi connectivity index (χ4n) is 2.86. The Labute approximate surface area is 177 Å². The van der Waals surface area contributed by atoms with Crippen LogP contribution in [0.15, 0.2) is 36.4 Å². The molecule has 0 saturated carbocycles. The van der Waals surface area contributed by atoms with E-state index in [0.29, 0.717) is 0 Å². The molecule has 0 heteroatoms. The van der Waals surface area contributed by atoms with Crippen LogP contribution in [0.1, 0.15) is 105 Å². The molecule has 2 rings (SSSR count). The zero-order chi connectivity index (χ0) is 22.7. The molecule has 0 aliphatic heterocycles. The SMILES string of the molecule is CC.CC.CC.Cc1cc(C(C)(C)C)ccc1-c1ccc(C(C)(C)C)cc1C. The number of aryl methyl sites for hydroxylation is 2. The highest BCUT2D eigenvalue weighted by molar-refractivity contribution is 5.71. The average Bonchev–Trinajstić information content (AvgIpc) is 2.65. The fraction of sp³-hybridized carbons (Fsp3) is 0.571. The van der Waals surface area contributed by atoms with E-state index in [2.05, 4.69) is 91.8 Å². The van der Waals surface area contributed by atoms with E-state index < -0.39 is 0 Å². The summed E-state index contributed by atoms with van der Waals surface area (Å²) in [5.74, 6) is 0. The van der Waals surface area contributed by atoms with E-state index in [1.165, 1.54) is 33.4 Å². The summed E-state index contributed by atoms with van der Waals surface area (Å²) in [4.78, 5) is 0. The van der Waals surface area contributed by atoms with Crippen molar-refractivity contribution >= 4 is 0 Å². The van der Waals surface area contributed by atoms with E-state index in [1.807, 2.05) is 41.5 Å². The molecule has 0 amide bonds. The Morgan fingerprint density at radius 1 is 0.464 bits per heavy atom. The van der Waals surface area contributed by atoms with Crippen molar-refractivity contribution in [2.45, 2.75) is 108 Å². The molecule has 28 heavy (non-hydrogen) atoms. The van der Waals surface area contributed by atoms with Crippen LogP contribution in [-0.2, 0) is 10.8 Å². The van der Waals surface area contributed by atoms with Crippen LogP contribution in [0.4, 0.5) is 0 Å². The van der Waals surface area contributed by atoms with E-state index in [-0.39, 0.29) is 10.8 Å². The highest BCUT2D eigenvalue weighted by atomic mass is 14.2. The number of hydrogen-bond acceptors (Lipinski definition) is 0. The Morgan fingerprint density at radius 2 is 0.714 bits per heavy atom. The molecule has 0 radical (unpaired) electrons. The van der Waals surface area contributed by atoms with Gasteiger partial charge in [-0.15, -0.1) is 0 Å².